The highest BCUT2D eigenvalue weighted by molar-refractivity contribution is 6.03. The highest BCUT2D eigenvalue weighted by atomic mass is 16.1. The van der Waals surface area contributed by atoms with Crippen molar-refractivity contribution >= 4 is 22.6 Å². The molecule has 0 aromatic carbocycles. The van der Waals surface area contributed by atoms with Crippen LogP contribution >= 0.6 is 0 Å². The van der Waals surface area contributed by atoms with Crippen molar-refractivity contribution in [2.24, 2.45) is 7.05 Å². The third kappa shape index (κ3) is 2.36. The molecule has 3 heterocycles. The lowest BCUT2D eigenvalue weighted by molar-refractivity contribution is 0.0965. The molecule has 0 spiro atoms. The molecule has 0 aliphatic rings. The van der Waals surface area contributed by atoms with Crippen LogP contribution < -0.4 is 5.56 Å². The van der Waals surface area contributed by atoms with Gasteiger partial charge in [-0.3, -0.25) is 23.6 Å². The minimum absolute atomic E-state index is 0.101. The average Bonchev–Trinajstić information content (AvgIpc) is 3.03. The van der Waals surface area contributed by atoms with Crippen LogP contribution in [0.2, 0.25) is 0 Å². The van der Waals surface area contributed by atoms with Crippen molar-refractivity contribution in [1.82, 2.24) is 24.3 Å². The smallest absolute Gasteiger partial charge is 0.264 e. The molecule has 3 aromatic rings. The van der Waals surface area contributed by atoms with E-state index in [9.17, 15) is 14.4 Å². The quantitative estimate of drug-likeness (QED) is 0.724. The summed E-state index contributed by atoms with van der Waals surface area (Å²) in [7, 11) is 1.69. The van der Waals surface area contributed by atoms with Crippen molar-refractivity contribution < 1.29 is 9.59 Å². The molecule has 0 saturated carbocycles. The predicted molar refractivity (Wildman–Crippen MR) is 87.4 cm³/mol. The van der Waals surface area contributed by atoms with E-state index in [0.717, 1.165) is 0 Å². The van der Waals surface area contributed by atoms with Gasteiger partial charge in [0.25, 0.3) is 5.56 Å². The largest absolute Gasteiger partial charge is 0.355 e. The van der Waals surface area contributed by atoms with Gasteiger partial charge < -0.3 is 4.98 Å². The van der Waals surface area contributed by atoms with Crippen LogP contribution in [-0.2, 0) is 13.6 Å². The van der Waals surface area contributed by atoms with Crippen molar-refractivity contribution in [3.63, 3.8) is 0 Å². The maximum Gasteiger partial charge on any atom is 0.264 e. The van der Waals surface area contributed by atoms with Crippen LogP contribution in [-0.4, -0.2) is 35.9 Å². The summed E-state index contributed by atoms with van der Waals surface area (Å²) in [5.74, 6) is -0.383. The highest BCUT2D eigenvalue weighted by Crippen LogP contribution is 2.19. The van der Waals surface area contributed by atoms with Crippen molar-refractivity contribution in [3.05, 3.63) is 45.4 Å². The number of rotatable bonds is 4. The number of fused-ring (bicyclic) bond motifs is 1. The first-order valence-corrected chi connectivity index (χ1v) is 7.41. The Morgan fingerprint density at radius 3 is 2.62 bits per heavy atom. The molecule has 8 heteroatoms. The summed E-state index contributed by atoms with van der Waals surface area (Å²) < 4.78 is 2.75. The zero-order valence-corrected chi connectivity index (χ0v) is 13.9. The molecular formula is C16H17N5O3. The van der Waals surface area contributed by atoms with Gasteiger partial charge in [0.05, 0.1) is 18.4 Å². The van der Waals surface area contributed by atoms with Crippen LogP contribution in [0.1, 0.15) is 39.0 Å². The van der Waals surface area contributed by atoms with Crippen molar-refractivity contribution in [1.29, 1.82) is 0 Å². The number of nitrogens with one attached hydrogen (secondary N) is 1. The third-order valence-corrected chi connectivity index (χ3v) is 4.10. The molecule has 0 aliphatic heterocycles. The zero-order chi connectivity index (χ0) is 17.6. The molecule has 0 unspecified atom stereocenters. The molecule has 24 heavy (non-hydrogen) atoms. The average molecular weight is 327 g/mol. The number of aromatic amines is 1. The lowest BCUT2D eigenvalue weighted by Crippen LogP contribution is -2.25. The first kappa shape index (κ1) is 15.9. The number of H-pyrrole nitrogens is 1. The van der Waals surface area contributed by atoms with Crippen LogP contribution in [0.3, 0.4) is 0 Å². The molecule has 0 saturated heterocycles. The SMILES string of the molecule is CC(=O)c1c(C)[nH]c(C(=O)Cn2cnc3c(cnn3C)c2=O)c1C. The molecule has 0 bridgehead atoms. The lowest BCUT2D eigenvalue weighted by atomic mass is 10.1. The number of carbonyl (C=O) groups is 2. The van der Waals surface area contributed by atoms with Crippen LogP contribution in [0.25, 0.3) is 11.0 Å². The van der Waals surface area contributed by atoms with Crippen LogP contribution in [0.15, 0.2) is 17.3 Å². The number of nitrogens with zero attached hydrogens (tertiary/aromatic N) is 4. The van der Waals surface area contributed by atoms with E-state index < -0.39 is 0 Å². The predicted octanol–water partition coefficient (Wildman–Crippen LogP) is 1.16. The van der Waals surface area contributed by atoms with Crippen LogP contribution in [0, 0.1) is 13.8 Å². The van der Waals surface area contributed by atoms with E-state index in [2.05, 4.69) is 15.1 Å². The highest BCUT2D eigenvalue weighted by Gasteiger charge is 2.20. The number of carbonyl (C=O) groups excluding carboxylic acids is 2. The summed E-state index contributed by atoms with van der Waals surface area (Å²) >= 11 is 0. The van der Waals surface area contributed by atoms with Crippen LogP contribution in [0.5, 0.6) is 0 Å². The summed E-state index contributed by atoms with van der Waals surface area (Å²) in [6.07, 6.45) is 2.77. The van der Waals surface area contributed by atoms with Gasteiger partial charge in [-0.1, -0.05) is 0 Å². The second-order valence-electron chi connectivity index (χ2n) is 5.79. The van der Waals surface area contributed by atoms with E-state index >= 15 is 0 Å². The standard InChI is InChI=1S/C16H17N5O3/c1-8-13(10(3)22)9(2)19-14(8)12(23)6-21-7-17-15-11(16(21)24)5-18-20(15)4/h5,7,19H,6H2,1-4H3. The minimum atomic E-state index is -0.325. The number of aryl methyl sites for hydroxylation is 2. The van der Waals surface area contributed by atoms with Gasteiger partial charge in [-0.25, -0.2) is 4.98 Å². The van der Waals surface area contributed by atoms with Gasteiger partial charge in [-0.15, -0.1) is 0 Å². The molecule has 1 N–H and O–H groups in total. The van der Waals surface area contributed by atoms with Gasteiger partial charge in [0, 0.05) is 18.3 Å². The van der Waals surface area contributed by atoms with E-state index in [1.807, 2.05) is 0 Å². The van der Waals surface area contributed by atoms with Crippen molar-refractivity contribution in [2.45, 2.75) is 27.3 Å². The van der Waals surface area contributed by atoms with E-state index in [4.69, 9.17) is 0 Å². The first-order chi connectivity index (χ1) is 11.3. The van der Waals surface area contributed by atoms with Gasteiger partial charge in [0.2, 0.25) is 0 Å². The summed E-state index contributed by atoms with van der Waals surface area (Å²) in [5, 5.41) is 4.35. The Morgan fingerprint density at radius 1 is 1.29 bits per heavy atom. The molecule has 3 aromatic heterocycles. The lowest BCUT2D eigenvalue weighted by Gasteiger charge is -2.05. The molecule has 124 valence electrons. The van der Waals surface area contributed by atoms with Crippen molar-refractivity contribution in [3.8, 4) is 0 Å². The van der Waals surface area contributed by atoms with E-state index in [1.165, 1.54) is 28.7 Å². The molecule has 0 fully saturated rings. The van der Waals surface area contributed by atoms with Gasteiger partial charge in [-0.2, -0.15) is 5.10 Å². The fraction of sp³-hybridized carbons (Fsp3) is 0.312. The Balaban J connectivity index is 1.99. The Bertz CT molecular complexity index is 1040. The number of hydrogen-bond acceptors (Lipinski definition) is 5. The second kappa shape index (κ2) is 5.55. The van der Waals surface area contributed by atoms with E-state index in [-0.39, 0.29) is 23.7 Å². The maximum absolute atomic E-state index is 12.6. The molecule has 0 aliphatic carbocycles. The van der Waals surface area contributed by atoms with Gasteiger partial charge in [0.15, 0.2) is 17.2 Å². The first-order valence-electron chi connectivity index (χ1n) is 7.41. The summed E-state index contributed by atoms with van der Waals surface area (Å²) in [4.78, 5) is 43.8. The Hall–Kier alpha value is -3.03. The Labute approximate surface area is 137 Å². The molecule has 0 atom stereocenters. The van der Waals surface area contributed by atoms with E-state index in [0.29, 0.717) is 33.5 Å². The minimum Gasteiger partial charge on any atom is -0.355 e. The van der Waals surface area contributed by atoms with Gasteiger partial charge in [-0.05, 0) is 26.3 Å². The Morgan fingerprint density at radius 2 is 2.00 bits per heavy atom. The molecular weight excluding hydrogens is 310 g/mol. The summed E-state index contributed by atoms with van der Waals surface area (Å²) in [5.41, 5.74) is 2.26. The fourth-order valence-electron chi connectivity index (χ4n) is 2.97. The van der Waals surface area contributed by atoms with E-state index in [1.54, 1.807) is 20.9 Å². The van der Waals surface area contributed by atoms with Gasteiger partial charge >= 0.3 is 0 Å². The molecule has 0 amide bonds. The number of ketones is 2. The van der Waals surface area contributed by atoms with Crippen molar-refractivity contribution in [2.75, 3.05) is 0 Å². The van der Waals surface area contributed by atoms with Gasteiger partial charge in [0.1, 0.15) is 11.7 Å². The normalized spacial score (nSPS) is 11.2. The topological polar surface area (TPSA) is 103 Å². The number of hydrogen-bond donors (Lipinski definition) is 1. The molecule has 0 radical (unpaired) electrons. The monoisotopic (exact) mass is 327 g/mol. The maximum atomic E-state index is 12.6. The second-order valence-corrected chi connectivity index (χ2v) is 5.79. The fourth-order valence-corrected chi connectivity index (χ4v) is 2.97. The summed E-state index contributed by atoms with van der Waals surface area (Å²) in [6.45, 7) is 4.77. The van der Waals surface area contributed by atoms with Crippen LogP contribution in [0.4, 0.5) is 0 Å². The number of Topliss-reactive ketones (excluding diaryl/α,β-unsaturated/α-hetero) is 2. The molecule has 3 rings (SSSR count). The third-order valence-electron chi connectivity index (χ3n) is 4.10. The zero-order valence-electron chi connectivity index (χ0n) is 13.9. The number of aromatic nitrogens is 5. The Kier molecular flexibility index (Phi) is 3.67. The molecule has 8 nitrogen and oxygen atoms in total. The summed E-state index contributed by atoms with van der Waals surface area (Å²) in [6, 6.07) is 0.